The van der Waals surface area contributed by atoms with Crippen LogP contribution in [-0.4, -0.2) is 18.8 Å². The molecule has 1 aliphatic heterocycles. The molecule has 0 saturated carbocycles. The van der Waals surface area contributed by atoms with Gasteiger partial charge < -0.3 is 14.3 Å². The molecule has 3 nitrogen and oxygen atoms in total. The van der Waals surface area contributed by atoms with Gasteiger partial charge >= 0.3 is 0 Å². The van der Waals surface area contributed by atoms with E-state index in [1.165, 1.54) is 16.5 Å². The molecule has 0 aromatic heterocycles. The van der Waals surface area contributed by atoms with Crippen molar-refractivity contribution in [3.8, 4) is 16.9 Å². The fourth-order valence-electron chi connectivity index (χ4n) is 3.49. The lowest BCUT2D eigenvalue weighted by Crippen LogP contribution is -1.91. The number of fused-ring (bicyclic) bond motifs is 5. The predicted octanol–water partition coefficient (Wildman–Crippen LogP) is 4.62. The normalized spacial score (nSPS) is 11.6. The predicted molar refractivity (Wildman–Crippen MR) is 92.3 cm³/mol. The maximum Gasteiger partial charge on any atom is 0.134 e. The number of aryl methyl sites for hydroxylation is 1. The Kier molecular flexibility index (Phi) is 3.43. The van der Waals surface area contributed by atoms with Crippen LogP contribution in [0.3, 0.4) is 0 Å². The van der Waals surface area contributed by atoms with Crippen LogP contribution in [0.5, 0.6) is 5.75 Å². The molecule has 3 heteroatoms. The van der Waals surface area contributed by atoms with Gasteiger partial charge in [0.1, 0.15) is 11.3 Å². The average Bonchev–Trinajstić information content (AvgIpc) is 2.94. The van der Waals surface area contributed by atoms with E-state index in [-0.39, 0.29) is 6.61 Å². The van der Waals surface area contributed by atoms with Gasteiger partial charge in [-0.1, -0.05) is 30.3 Å². The Morgan fingerprint density at radius 2 is 1.87 bits per heavy atom. The number of rotatable bonds is 4. The van der Waals surface area contributed by atoms with Crippen LogP contribution >= 0.6 is 0 Å². The van der Waals surface area contributed by atoms with E-state index in [0.29, 0.717) is 0 Å². The smallest absolute Gasteiger partial charge is 0.134 e. The van der Waals surface area contributed by atoms with Crippen molar-refractivity contribution in [2.45, 2.75) is 12.8 Å². The summed E-state index contributed by atoms with van der Waals surface area (Å²) in [5.74, 6) is 0.855. The molecular formula is C20H18O3. The van der Waals surface area contributed by atoms with Crippen LogP contribution in [0.25, 0.3) is 32.9 Å². The molecule has 1 N–H and O–H groups in total. The van der Waals surface area contributed by atoms with Crippen molar-refractivity contribution in [1.82, 2.24) is 0 Å². The van der Waals surface area contributed by atoms with Crippen molar-refractivity contribution in [2.75, 3.05) is 13.7 Å². The molecule has 0 spiro atoms. The van der Waals surface area contributed by atoms with E-state index in [1.807, 2.05) is 36.6 Å². The molecule has 0 amide bonds. The van der Waals surface area contributed by atoms with Gasteiger partial charge in [-0.25, -0.2) is 0 Å². The van der Waals surface area contributed by atoms with Crippen LogP contribution in [0.4, 0.5) is 0 Å². The highest BCUT2D eigenvalue weighted by atomic mass is 16.5. The second kappa shape index (κ2) is 5.60. The van der Waals surface area contributed by atoms with Crippen LogP contribution < -0.4 is 4.74 Å². The summed E-state index contributed by atoms with van der Waals surface area (Å²) in [6, 6.07) is 14.2. The number of ether oxygens (including phenoxy) is 1. The third-order valence-corrected chi connectivity index (χ3v) is 4.46. The molecule has 0 unspecified atom stereocenters. The number of benzene rings is 2. The molecule has 4 rings (SSSR count). The van der Waals surface area contributed by atoms with Crippen molar-refractivity contribution in [3.05, 3.63) is 54.3 Å². The lowest BCUT2D eigenvalue weighted by atomic mass is 9.99. The molecule has 23 heavy (non-hydrogen) atoms. The van der Waals surface area contributed by atoms with Crippen molar-refractivity contribution < 1.29 is 14.3 Å². The standard InChI is InChI=1S/C20H18O3/c1-22-18-10-4-7-14-13(8-5-11-21)19-15-6-2-3-9-17(15)23-12-16(19)20(14)18/h2-4,6-7,9-10,12,21H,5,8,11H2,1H3. The van der Waals surface area contributed by atoms with Gasteiger partial charge in [-0.05, 0) is 35.9 Å². The Labute approximate surface area is 134 Å². The Morgan fingerprint density at radius 1 is 1.04 bits per heavy atom. The number of aliphatic hydroxyl groups is 1. The SMILES string of the molecule is COc1cccc2c(CCCO)c3c4ccccc4occ-3c12. The second-order valence-corrected chi connectivity index (χ2v) is 5.71. The van der Waals surface area contributed by atoms with E-state index in [2.05, 4.69) is 12.1 Å². The minimum Gasteiger partial charge on any atom is -0.496 e. The summed E-state index contributed by atoms with van der Waals surface area (Å²) < 4.78 is 11.4. The molecule has 0 radical (unpaired) electrons. The summed E-state index contributed by atoms with van der Waals surface area (Å²) in [7, 11) is 1.69. The number of para-hydroxylation sites is 1. The summed E-state index contributed by atoms with van der Waals surface area (Å²) in [6.07, 6.45) is 3.40. The van der Waals surface area contributed by atoms with E-state index in [4.69, 9.17) is 9.15 Å². The van der Waals surface area contributed by atoms with Crippen LogP contribution in [-0.2, 0) is 6.42 Å². The molecular weight excluding hydrogens is 288 g/mol. The zero-order valence-corrected chi connectivity index (χ0v) is 13.0. The van der Waals surface area contributed by atoms with Crippen molar-refractivity contribution in [2.24, 2.45) is 0 Å². The first-order chi connectivity index (χ1) is 11.3. The van der Waals surface area contributed by atoms with Gasteiger partial charge in [0, 0.05) is 28.5 Å². The van der Waals surface area contributed by atoms with Crippen LogP contribution in [0.15, 0.2) is 53.1 Å². The summed E-state index contributed by atoms with van der Waals surface area (Å²) in [5.41, 5.74) is 4.42. The fourth-order valence-corrected chi connectivity index (χ4v) is 3.49. The topological polar surface area (TPSA) is 42.6 Å². The average molecular weight is 306 g/mol. The number of methoxy groups -OCH3 is 1. The highest BCUT2D eigenvalue weighted by molar-refractivity contribution is 6.14. The van der Waals surface area contributed by atoms with E-state index in [9.17, 15) is 5.11 Å². The highest BCUT2D eigenvalue weighted by Crippen LogP contribution is 2.47. The highest BCUT2D eigenvalue weighted by Gasteiger charge is 2.23. The van der Waals surface area contributed by atoms with Gasteiger partial charge in [-0.2, -0.15) is 0 Å². The van der Waals surface area contributed by atoms with Crippen LogP contribution in [0, 0.1) is 0 Å². The zero-order valence-electron chi connectivity index (χ0n) is 13.0. The molecule has 116 valence electrons. The van der Waals surface area contributed by atoms with Crippen molar-refractivity contribution >= 4 is 21.7 Å². The monoisotopic (exact) mass is 306 g/mol. The van der Waals surface area contributed by atoms with E-state index < -0.39 is 0 Å². The number of hydrogen-bond acceptors (Lipinski definition) is 3. The Morgan fingerprint density at radius 3 is 2.70 bits per heavy atom. The third-order valence-electron chi connectivity index (χ3n) is 4.46. The van der Waals surface area contributed by atoms with Crippen LogP contribution in [0.2, 0.25) is 0 Å². The Balaban J connectivity index is 2.16. The largest absolute Gasteiger partial charge is 0.496 e. The minimum absolute atomic E-state index is 0.188. The molecule has 2 aliphatic rings. The number of hydrogen-bond donors (Lipinski definition) is 1. The first-order valence-corrected chi connectivity index (χ1v) is 7.83. The van der Waals surface area contributed by atoms with Crippen molar-refractivity contribution in [1.29, 1.82) is 0 Å². The fraction of sp³-hybridized carbons (Fsp3) is 0.200. The lowest BCUT2D eigenvalue weighted by Gasteiger charge is -2.08. The molecule has 0 saturated heterocycles. The molecule has 0 fully saturated rings. The van der Waals surface area contributed by atoms with E-state index in [0.717, 1.165) is 40.5 Å². The minimum atomic E-state index is 0.188. The Bertz CT molecular complexity index is 952. The third kappa shape index (κ3) is 2.08. The number of aliphatic hydroxyl groups excluding tert-OH is 1. The molecule has 1 aliphatic carbocycles. The summed E-state index contributed by atoms with van der Waals surface area (Å²) in [5, 5.41) is 12.7. The molecule has 2 aromatic rings. The molecule has 1 heterocycles. The lowest BCUT2D eigenvalue weighted by molar-refractivity contribution is 0.289. The summed E-state index contributed by atoms with van der Waals surface area (Å²) >= 11 is 0. The van der Waals surface area contributed by atoms with Crippen molar-refractivity contribution in [3.63, 3.8) is 0 Å². The first-order valence-electron chi connectivity index (χ1n) is 7.83. The maximum atomic E-state index is 9.28. The summed E-state index contributed by atoms with van der Waals surface area (Å²) in [4.78, 5) is 0. The summed E-state index contributed by atoms with van der Waals surface area (Å²) in [6.45, 7) is 0.188. The van der Waals surface area contributed by atoms with E-state index in [1.54, 1.807) is 7.11 Å². The first kappa shape index (κ1) is 14.1. The van der Waals surface area contributed by atoms with Gasteiger partial charge in [-0.15, -0.1) is 0 Å². The zero-order chi connectivity index (χ0) is 15.8. The second-order valence-electron chi connectivity index (χ2n) is 5.71. The molecule has 0 atom stereocenters. The van der Waals surface area contributed by atoms with Gasteiger partial charge in [0.05, 0.1) is 13.4 Å². The van der Waals surface area contributed by atoms with Gasteiger partial charge in [-0.3, -0.25) is 0 Å². The van der Waals surface area contributed by atoms with Gasteiger partial charge in [0.15, 0.2) is 0 Å². The van der Waals surface area contributed by atoms with Crippen LogP contribution in [0.1, 0.15) is 12.0 Å². The van der Waals surface area contributed by atoms with E-state index >= 15 is 0 Å². The van der Waals surface area contributed by atoms with Gasteiger partial charge in [0.25, 0.3) is 0 Å². The Hall–Kier alpha value is -2.52. The van der Waals surface area contributed by atoms with Gasteiger partial charge in [0.2, 0.25) is 0 Å². The molecule has 2 aromatic carbocycles. The molecule has 0 bridgehead atoms. The maximum absolute atomic E-state index is 9.28. The quantitative estimate of drug-likeness (QED) is 0.598.